The lowest BCUT2D eigenvalue weighted by Crippen LogP contribution is -2.48. The second kappa shape index (κ2) is 7.20. The van der Waals surface area contributed by atoms with E-state index in [1.807, 2.05) is 19.1 Å². The van der Waals surface area contributed by atoms with Crippen LogP contribution in [-0.2, 0) is 11.2 Å². The number of aryl methyl sites for hydroxylation is 1. The second-order valence-electron chi connectivity index (χ2n) is 7.03. The van der Waals surface area contributed by atoms with Gasteiger partial charge in [0.2, 0.25) is 5.91 Å². The summed E-state index contributed by atoms with van der Waals surface area (Å²) < 4.78 is 5.22. The molecule has 2 aromatic rings. The maximum Gasteiger partial charge on any atom is 0.231 e. The fourth-order valence-corrected chi connectivity index (χ4v) is 3.21. The van der Waals surface area contributed by atoms with Crippen molar-refractivity contribution in [2.75, 3.05) is 14.2 Å². The van der Waals surface area contributed by atoms with Gasteiger partial charge in [-0.3, -0.25) is 9.69 Å². The molecule has 0 fully saturated rings. The second-order valence-corrected chi connectivity index (χ2v) is 7.03. The standard InChI is InChI=1S/C21H25N3O2/c1-21(14-19(25)24(2)20(22)23-21)12-11-15-5-4-6-17(13-15)16-7-9-18(26-3)10-8-16/h4-10,13H,11-12,14H2,1-3H3,(H2,22,23). The Kier molecular flexibility index (Phi) is 4.98. The number of benzene rings is 2. The first-order valence-corrected chi connectivity index (χ1v) is 8.75. The molecule has 0 aromatic heterocycles. The molecule has 1 amide bonds. The van der Waals surface area contributed by atoms with Gasteiger partial charge in [0.15, 0.2) is 5.96 Å². The Morgan fingerprint density at radius 3 is 2.58 bits per heavy atom. The summed E-state index contributed by atoms with van der Waals surface area (Å²) in [6, 6.07) is 16.5. The molecule has 1 unspecified atom stereocenters. The molecule has 0 spiro atoms. The van der Waals surface area contributed by atoms with Crippen molar-refractivity contribution in [1.29, 1.82) is 0 Å². The van der Waals surface area contributed by atoms with Gasteiger partial charge in [0.05, 0.1) is 19.1 Å². The summed E-state index contributed by atoms with van der Waals surface area (Å²) in [6.07, 6.45) is 2.01. The van der Waals surface area contributed by atoms with Crippen LogP contribution in [0, 0.1) is 0 Å². The van der Waals surface area contributed by atoms with E-state index in [2.05, 4.69) is 41.4 Å². The molecule has 0 saturated carbocycles. The fourth-order valence-electron chi connectivity index (χ4n) is 3.21. The van der Waals surface area contributed by atoms with Crippen molar-refractivity contribution in [3.63, 3.8) is 0 Å². The number of nitrogens with zero attached hydrogens (tertiary/aromatic N) is 2. The zero-order valence-electron chi connectivity index (χ0n) is 15.5. The Morgan fingerprint density at radius 1 is 1.19 bits per heavy atom. The van der Waals surface area contributed by atoms with Crippen molar-refractivity contribution in [2.45, 2.75) is 31.7 Å². The average Bonchev–Trinajstić information content (AvgIpc) is 2.65. The minimum absolute atomic E-state index is 0.0204. The van der Waals surface area contributed by atoms with Crippen molar-refractivity contribution in [3.8, 4) is 16.9 Å². The van der Waals surface area contributed by atoms with E-state index in [1.54, 1.807) is 14.2 Å². The van der Waals surface area contributed by atoms with Gasteiger partial charge in [-0.2, -0.15) is 0 Å². The molecule has 1 aliphatic heterocycles. The van der Waals surface area contributed by atoms with Crippen LogP contribution < -0.4 is 10.5 Å². The first-order valence-electron chi connectivity index (χ1n) is 8.75. The van der Waals surface area contributed by atoms with Crippen molar-refractivity contribution in [1.82, 2.24) is 4.90 Å². The number of hydrogen-bond donors (Lipinski definition) is 1. The number of hydrogen-bond acceptors (Lipinski definition) is 4. The Hall–Kier alpha value is -2.82. The molecule has 0 aliphatic carbocycles. The highest BCUT2D eigenvalue weighted by molar-refractivity contribution is 5.98. The summed E-state index contributed by atoms with van der Waals surface area (Å²) in [4.78, 5) is 18.0. The molecule has 1 atom stereocenters. The third-order valence-electron chi connectivity index (χ3n) is 4.94. The van der Waals surface area contributed by atoms with Crippen LogP contribution in [0.2, 0.25) is 0 Å². The normalized spacial score (nSPS) is 20.0. The summed E-state index contributed by atoms with van der Waals surface area (Å²) in [7, 11) is 3.33. The summed E-state index contributed by atoms with van der Waals surface area (Å²) in [6.45, 7) is 2.00. The zero-order chi connectivity index (χ0) is 18.7. The number of carbonyl (C=O) groups is 1. The number of amides is 1. The quantitative estimate of drug-likeness (QED) is 0.899. The molecule has 1 heterocycles. The van der Waals surface area contributed by atoms with Gasteiger partial charge in [-0.25, -0.2) is 4.99 Å². The van der Waals surface area contributed by atoms with Crippen LogP contribution in [0.5, 0.6) is 5.75 Å². The monoisotopic (exact) mass is 351 g/mol. The number of carbonyl (C=O) groups excluding carboxylic acids is 1. The topological polar surface area (TPSA) is 67.9 Å². The number of guanidine groups is 1. The number of methoxy groups -OCH3 is 1. The summed E-state index contributed by atoms with van der Waals surface area (Å²) >= 11 is 0. The molecule has 136 valence electrons. The van der Waals surface area contributed by atoms with Crippen LogP contribution in [0.1, 0.15) is 25.3 Å². The largest absolute Gasteiger partial charge is 0.497 e. The highest BCUT2D eigenvalue weighted by Gasteiger charge is 2.34. The van der Waals surface area contributed by atoms with E-state index in [1.165, 1.54) is 10.5 Å². The van der Waals surface area contributed by atoms with Crippen LogP contribution in [0.25, 0.3) is 11.1 Å². The van der Waals surface area contributed by atoms with Crippen LogP contribution >= 0.6 is 0 Å². The van der Waals surface area contributed by atoms with Gasteiger partial charge in [-0.05, 0) is 48.6 Å². The summed E-state index contributed by atoms with van der Waals surface area (Å²) in [5.74, 6) is 1.17. The van der Waals surface area contributed by atoms with Crippen LogP contribution in [0.4, 0.5) is 0 Å². The molecule has 1 aliphatic rings. The van der Waals surface area contributed by atoms with Crippen LogP contribution in [0.3, 0.4) is 0 Å². The number of aliphatic imine (C=N–C) groups is 1. The van der Waals surface area contributed by atoms with Crippen molar-refractivity contribution in [2.24, 2.45) is 10.7 Å². The molecule has 0 saturated heterocycles. The molecule has 26 heavy (non-hydrogen) atoms. The zero-order valence-corrected chi connectivity index (χ0v) is 15.5. The van der Waals surface area contributed by atoms with Gasteiger partial charge < -0.3 is 10.5 Å². The fraction of sp³-hybridized carbons (Fsp3) is 0.333. The van der Waals surface area contributed by atoms with Crippen LogP contribution in [0.15, 0.2) is 53.5 Å². The Labute approximate surface area is 154 Å². The first-order chi connectivity index (χ1) is 12.4. The predicted molar refractivity (Wildman–Crippen MR) is 104 cm³/mol. The first kappa shape index (κ1) is 18.0. The molecule has 0 bridgehead atoms. The SMILES string of the molecule is COc1ccc(-c2cccc(CCC3(C)CC(=O)N(C)C(N)=N3)c2)cc1. The number of ether oxygens (including phenoxy) is 1. The maximum atomic E-state index is 12.1. The Bertz CT molecular complexity index is 829. The lowest BCUT2D eigenvalue weighted by molar-refractivity contribution is -0.128. The van der Waals surface area contributed by atoms with E-state index in [-0.39, 0.29) is 5.91 Å². The van der Waals surface area contributed by atoms with Gasteiger partial charge in [0.25, 0.3) is 0 Å². The number of nitrogens with two attached hydrogens (primary N) is 1. The molecule has 2 aromatic carbocycles. The van der Waals surface area contributed by atoms with Gasteiger partial charge >= 0.3 is 0 Å². The van der Waals surface area contributed by atoms with E-state index >= 15 is 0 Å². The number of rotatable bonds is 5. The van der Waals surface area contributed by atoms with E-state index in [9.17, 15) is 4.79 Å². The molecule has 5 heteroatoms. The molecule has 3 rings (SSSR count). The summed E-state index contributed by atoms with van der Waals surface area (Å²) in [5.41, 5.74) is 8.98. The van der Waals surface area contributed by atoms with Crippen molar-refractivity contribution >= 4 is 11.9 Å². The van der Waals surface area contributed by atoms with E-state index in [4.69, 9.17) is 10.5 Å². The van der Waals surface area contributed by atoms with Gasteiger partial charge in [-0.1, -0.05) is 36.4 Å². The highest BCUT2D eigenvalue weighted by Crippen LogP contribution is 2.28. The smallest absolute Gasteiger partial charge is 0.231 e. The average molecular weight is 351 g/mol. The minimum atomic E-state index is -0.441. The minimum Gasteiger partial charge on any atom is -0.497 e. The van der Waals surface area contributed by atoms with E-state index in [0.717, 1.165) is 29.7 Å². The van der Waals surface area contributed by atoms with Crippen molar-refractivity contribution in [3.05, 3.63) is 54.1 Å². The van der Waals surface area contributed by atoms with Crippen molar-refractivity contribution < 1.29 is 9.53 Å². The lowest BCUT2D eigenvalue weighted by atomic mass is 9.88. The van der Waals surface area contributed by atoms with Gasteiger partial charge in [0.1, 0.15) is 5.75 Å². The molecular weight excluding hydrogens is 326 g/mol. The Morgan fingerprint density at radius 2 is 1.92 bits per heavy atom. The van der Waals surface area contributed by atoms with E-state index < -0.39 is 5.54 Å². The maximum absolute atomic E-state index is 12.1. The molecule has 2 N–H and O–H groups in total. The van der Waals surface area contributed by atoms with Gasteiger partial charge in [0, 0.05) is 7.05 Å². The molecule has 0 radical (unpaired) electrons. The van der Waals surface area contributed by atoms with Gasteiger partial charge in [-0.15, -0.1) is 0 Å². The van der Waals surface area contributed by atoms with Crippen LogP contribution in [-0.4, -0.2) is 36.5 Å². The Balaban J connectivity index is 1.74. The predicted octanol–water partition coefficient (Wildman–Crippen LogP) is 3.23. The third kappa shape index (κ3) is 3.87. The lowest BCUT2D eigenvalue weighted by Gasteiger charge is -2.33. The highest BCUT2D eigenvalue weighted by atomic mass is 16.5. The molecular formula is C21H25N3O2. The van der Waals surface area contributed by atoms with E-state index in [0.29, 0.717) is 12.4 Å². The third-order valence-corrected chi connectivity index (χ3v) is 4.94. The molecule has 5 nitrogen and oxygen atoms in total. The summed E-state index contributed by atoms with van der Waals surface area (Å²) in [5, 5.41) is 0.